The highest BCUT2D eigenvalue weighted by molar-refractivity contribution is 5.95. The number of aromatic nitrogens is 2. The zero-order valence-corrected chi connectivity index (χ0v) is 17.5. The highest BCUT2D eigenvalue weighted by atomic mass is 16.5. The lowest BCUT2D eigenvalue weighted by atomic mass is 9.95. The van der Waals surface area contributed by atoms with Crippen LogP contribution >= 0.6 is 0 Å². The molecule has 1 saturated heterocycles. The molecule has 2 amide bonds. The number of benzene rings is 1. The predicted molar refractivity (Wildman–Crippen MR) is 114 cm³/mol. The Labute approximate surface area is 175 Å². The monoisotopic (exact) mass is 406 g/mol. The van der Waals surface area contributed by atoms with Crippen molar-refractivity contribution in [3.8, 4) is 5.69 Å². The zero-order chi connectivity index (χ0) is 21.3. The van der Waals surface area contributed by atoms with E-state index >= 15 is 0 Å². The Morgan fingerprint density at radius 1 is 1.00 bits per heavy atom. The molecule has 0 radical (unpaired) electrons. The van der Waals surface area contributed by atoms with Crippen LogP contribution in [0.4, 0.5) is 5.82 Å². The third kappa shape index (κ3) is 4.01. The Balaban J connectivity index is 1.35. The molecule has 1 fully saturated rings. The first kappa shape index (κ1) is 19.9. The molecule has 0 bridgehead atoms. The summed E-state index contributed by atoms with van der Waals surface area (Å²) < 4.78 is 7.14. The second-order valence-corrected chi connectivity index (χ2v) is 7.88. The summed E-state index contributed by atoms with van der Waals surface area (Å²) in [5.74, 6) is 0.891. The van der Waals surface area contributed by atoms with Gasteiger partial charge in [0.1, 0.15) is 5.76 Å². The molecule has 3 aromatic rings. The number of nitrogens with one attached hydrogen (secondary N) is 1. The first-order chi connectivity index (χ1) is 14.4. The average molecular weight is 406 g/mol. The maximum atomic E-state index is 12.9. The molecule has 1 aliphatic heterocycles. The van der Waals surface area contributed by atoms with E-state index in [1.165, 1.54) is 0 Å². The number of nitrogens with zero attached hydrogens (tertiary/aromatic N) is 3. The summed E-state index contributed by atoms with van der Waals surface area (Å²) in [6.45, 7) is 7.03. The van der Waals surface area contributed by atoms with Crippen molar-refractivity contribution in [2.75, 3.05) is 18.4 Å². The van der Waals surface area contributed by atoms with Gasteiger partial charge in [-0.1, -0.05) is 5.16 Å². The lowest BCUT2D eigenvalue weighted by Crippen LogP contribution is -2.41. The maximum absolute atomic E-state index is 12.9. The van der Waals surface area contributed by atoms with Crippen LogP contribution in [0.25, 0.3) is 5.69 Å². The van der Waals surface area contributed by atoms with Gasteiger partial charge in [0.25, 0.3) is 5.91 Å². The number of hydrogen-bond donors (Lipinski definition) is 1. The van der Waals surface area contributed by atoms with Gasteiger partial charge in [0.05, 0.1) is 0 Å². The Hall–Kier alpha value is -3.35. The van der Waals surface area contributed by atoms with Crippen molar-refractivity contribution in [1.82, 2.24) is 14.6 Å². The van der Waals surface area contributed by atoms with Crippen molar-refractivity contribution in [3.63, 3.8) is 0 Å². The van der Waals surface area contributed by atoms with E-state index in [9.17, 15) is 9.59 Å². The molecule has 2 aromatic heterocycles. The van der Waals surface area contributed by atoms with E-state index in [2.05, 4.69) is 41.0 Å². The molecular weight excluding hydrogens is 380 g/mol. The first-order valence-electron chi connectivity index (χ1n) is 10.2. The van der Waals surface area contributed by atoms with E-state index in [1.807, 2.05) is 29.2 Å². The van der Waals surface area contributed by atoms with E-state index in [0.717, 1.165) is 17.1 Å². The van der Waals surface area contributed by atoms with E-state index in [1.54, 1.807) is 13.0 Å². The molecular formula is C23H26N4O3. The second kappa shape index (κ2) is 8.18. The minimum atomic E-state index is -0.131. The van der Waals surface area contributed by atoms with Gasteiger partial charge in [-0.15, -0.1) is 0 Å². The van der Waals surface area contributed by atoms with Crippen LogP contribution in [-0.2, 0) is 4.79 Å². The van der Waals surface area contributed by atoms with Gasteiger partial charge in [0, 0.05) is 47.7 Å². The molecule has 0 aliphatic carbocycles. The van der Waals surface area contributed by atoms with E-state index in [4.69, 9.17) is 4.52 Å². The van der Waals surface area contributed by atoms with Gasteiger partial charge >= 0.3 is 0 Å². The number of carbonyl (C=O) groups is 2. The van der Waals surface area contributed by atoms with Crippen LogP contribution < -0.4 is 5.32 Å². The van der Waals surface area contributed by atoms with Crippen molar-refractivity contribution in [2.45, 2.75) is 33.6 Å². The van der Waals surface area contributed by atoms with Crippen LogP contribution in [0.2, 0.25) is 0 Å². The van der Waals surface area contributed by atoms with Crippen LogP contribution in [0.5, 0.6) is 0 Å². The van der Waals surface area contributed by atoms with Gasteiger partial charge in [-0.3, -0.25) is 9.59 Å². The summed E-state index contributed by atoms with van der Waals surface area (Å²) in [6.07, 6.45) is 1.27. The molecule has 7 heteroatoms. The fraction of sp³-hybridized carbons (Fsp3) is 0.348. The number of likely N-dealkylation sites (tertiary alicyclic amines) is 1. The molecule has 0 spiro atoms. The summed E-state index contributed by atoms with van der Waals surface area (Å²) in [5, 5.41) is 6.58. The molecule has 0 atom stereocenters. The Kier molecular flexibility index (Phi) is 5.44. The maximum Gasteiger partial charge on any atom is 0.253 e. The van der Waals surface area contributed by atoms with Crippen LogP contribution in [0, 0.1) is 26.7 Å². The van der Waals surface area contributed by atoms with E-state index < -0.39 is 0 Å². The van der Waals surface area contributed by atoms with E-state index in [0.29, 0.717) is 43.1 Å². The van der Waals surface area contributed by atoms with Crippen LogP contribution in [0.3, 0.4) is 0 Å². The second-order valence-electron chi connectivity index (χ2n) is 7.88. The minimum absolute atomic E-state index is 0.00786. The molecule has 156 valence electrons. The predicted octanol–water partition coefficient (Wildman–Crippen LogP) is 3.88. The number of carbonyl (C=O) groups excluding carboxylic acids is 2. The quantitative estimate of drug-likeness (QED) is 0.713. The van der Waals surface area contributed by atoms with Gasteiger partial charge in [0.15, 0.2) is 5.82 Å². The fourth-order valence-electron chi connectivity index (χ4n) is 4.01. The van der Waals surface area contributed by atoms with Gasteiger partial charge in [-0.05, 0) is 70.0 Å². The Morgan fingerprint density at radius 3 is 2.20 bits per heavy atom. The van der Waals surface area contributed by atoms with Crippen LogP contribution in [-0.4, -0.2) is 39.5 Å². The fourth-order valence-corrected chi connectivity index (χ4v) is 4.01. The lowest BCUT2D eigenvalue weighted by molar-refractivity contribution is -0.121. The Morgan fingerprint density at radius 2 is 1.63 bits per heavy atom. The molecule has 7 nitrogen and oxygen atoms in total. The molecule has 1 aliphatic rings. The summed E-state index contributed by atoms with van der Waals surface area (Å²) in [5.41, 5.74) is 4.03. The van der Waals surface area contributed by atoms with Crippen LogP contribution in [0.1, 0.15) is 40.3 Å². The smallest absolute Gasteiger partial charge is 0.253 e. The third-order valence-electron chi connectivity index (χ3n) is 5.68. The number of anilines is 1. The molecule has 0 saturated carbocycles. The lowest BCUT2D eigenvalue weighted by Gasteiger charge is -2.31. The number of rotatable bonds is 4. The molecule has 4 rings (SSSR count). The summed E-state index contributed by atoms with van der Waals surface area (Å²) in [6, 6.07) is 13.6. The van der Waals surface area contributed by atoms with Crippen molar-refractivity contribution in [3.05, 3.63) is 65.2 Å². The largest absolute Gasteiger partial charge is 0.360 e. The zero-order valence-electron chi connectivity index (χ0n) is 17.5. The van der Waals surface area contributed by atoms with Gasteiger partial charge in [-0.2, -0.15) is 0 Å². The number of amides is 2. The SMILES string of the molecule is Cc1cc(NC(=O)C2CCN(C(=O)c3ccc(-n4c(C)ccc4C)cc3)CC2)no1. The van der Waals surface area contributed by atoms with Crippen molar-refractivity contribution < 1.29 is 14.1 Å². The van der Waals surface area contributed by atoms with Gasteiger partial charge in [0.2, 0.25) is 5.91 Å². The summed E-state index contributed by atoms with van der Waals surface area (Å²) >= 11 is 0. The summed E-state index contributed by atoms with van der Waals surface area (Å²) in [7, 11) is 0. The number of hydrogen-bond acceptors (Lipinski definition) is 4. The topological polar surface area (TPSA) is 80.4 Å². The Bertz CT molecular complexity index is 1040. The normalized spacial score (nSPS) is 14.7. The van der Waals surface area contributed by atoms with Gasteiger partial charge < -0.3 is 19.3 Å². The summed E-state index contributed by atoms with van der Waals surface area (Å²) in [4.78, 5) is 27.2. The molecule has 1 aromatic carbocycles. The van der Waals surface area contributed by atoms with Crippen molar-refractivity contribution in [1.29, 1.82) is 0 Å². The third-order valence-corrected chi connectivity index (χ3v) is 5.68. The number of piperidine rings is 1. The molecule has 30 heavy (non-hydrogen) atoms. The standard InChI is InChI=1S/C23H26N4O3/c1-15-4-5-16(2)27(15)20-8-6-19(7-9-20)23(29)26-12-10-18(11-13-26)22(28)24-21-14-17(3)30-25-21/h4-9,14,18H,10-13H2,1-3H3,(H,24,25,28). The molecule has 3 heterocycles. The van der Waals surface area contributed by atoms with Gasteiger partial charge in [-0.25, -0.2) is 0 Å². The average Bonchev–Trinajstić information content (AvgIpc) is 3.32. The van der Waals surface area contributed by atoms with E-state index in [-0.39, 0.29) is 17.7 Å². The molecule has 1 N–H and O–H groups in total. The minimum Gasteiger partial charge on any atom is -0.360 e. The number of aryl methyl sites for hydroxylation is 3. The van der Waals surface area contributed by atoms with Crippen molar-refractivity contribution in [2.24, 2.45) is 5.92 Å². The highest BCUT2D eigenvalue weighted by Gasteiger charge is 2.28. The van der Waals surface area contributed by atoms with Crippen LogP contribution in [0.15, 0.2) is 47.0 Å². The molecule has 0 unspecified atom stereocenters. The highest BCUT2D eigenvalue weighted by Crippen LogP contribution is 2.22. The first-order valence-corrected chi connectivity index (χ1v) is 10.2. The van der Waals surface area contributed by atoms with Crippen molar-refractivity contribution >= 4 is 17.6 Å².